The van der Waals surface area contributed by atoms with Gasteiger partial charge < -0.3 is 10.6 Å². The summed E-state index contributed by atoms with van der Waals surface area (Å²) in [6.45, 7) is 3.96. The normalized spacial score (nSPS) is 10.4. The number of hydrogen-bond donors (Lipinski definition) is 2. The molecular formula is C12H15BrN2O. The lowest BCUT2D eigenvalue weighted by Crippen LogP contribution is -2.24. The molecule has 86 valence electrons. The van der Waals surface area contributed by atoms with Crippen molar-refractivity contribution in [3.63, 3.8) is 0 Å². The second-order valence-corrected chi connectivity index (χ2v) is 4.28. The third-order valence-electron chi connectivity index (χ3n) is 2.00. The van der Waals surface area contributed by atoms with E-state index in [1.165, 1.54) is 0 Å². The molecule has 2 amide bonds. The summed E-state index contributed by atoms with van der Waals surface area (Å²) in [5, 5.41) is 5.41. The molecule has 0 fully saturated rings. The molecule has 0 atom stereocenters. The molecule has 0 unspecified atom stereocenters. The zero-order valence-electron chi connectivity index (χ0n) is 9.38. The van der Waals surface area contributed by atoms with E-state index in [9.17, 15) is 4.79 Å². The van der Waals surface area contributed by atoms with Crippen molar-refractivity contribution >= 4 is 27.6 Å². The number of benzene rings is 1. The van der Waals surface area contributed by atoms with E-state index in [1.54, 1.807) is 6.20 Å². The molecule has 0 aliphatic rings. The van der Waals surface area contributed by atoms with Gasteiger partial charge in [0.1, 0.15) is 0 Å². The number of nitrogens with one attached hydrogen (secondary N) is 2. The minimum Gasteiger partial charge on any atom is -0.315 e. The third kappa shape index (κ3) is 4.06. The van der Waals surface area contributed by atoms with Crippen molar-refractivity contribution in [1.82, 2.24) is 5.32 Å². The van der Waals surface area contributed by atoms with Crippen LogP contribution in [0, 0.1) is 6.92 Å². The number of rotatable bonds is 3. The average Bonchev–Trinajstić information content (AvgIpc) is 2.23. The maximum Gasteiger partial charge on any atom is 0.323 e. The molecule has 16 heavy (non-hydrogen) atoms. The van der Waals surface area contributed by atoms with E-state index in [0.29, 0.717) is 0 Å². The predicted molar refractivity (Wildman–Crippen MR) is 70.5 cm³/mol. The molecule has 1 aromatic carbocycles. The number of hydrogen-bond acceptors (Lipinski definition) is 1. The fraction of sp³-hybridized carbons (Fsp3) is 0.250. The summed E-state index contributed by atoms with van der Waals surface area (Å²) < 4.78 is 1.00. The van der Waals surface area contributed by atoms with Gasteiger partial charge in [0.15, 0.2) is 0 Å². The van der Waals surface area contributed by atoms with Crippen molar-refractivity contribution in [2.45, 2.75) is 20.3 Å². The van der Waals surface area contributed by atoms with Crippen molar-refractivity contribution in [2.75, 3.05) is 5.32 Å². The zero-order chi connectivity index (χ0) is 12.0. The van der Waals surface area contributed by atoms with Crippen LogP contribution in [0.25, 0.3) is 0 Å². The van der Waals surface area contributed by atoms with Gasteiger partial charge in [-0.3, -0.25) is 0 Å². The summed E-state index contributed by atoms with van der Waals surface area (Å²) in [4.78, 5) is 11.4. The standard InChI is InChI=1S/C12H15BrN2O/c1-3-4-7-14-12(16)15-11-6-5-10(13)8-9(11)2/h4-8H,3H2,1-2H3,(H2,14,15,16)/b7-4+. The fourth-order valence-electron chi connectivity index (χ4n) is 1.18. The second kappa shape index (κ2) is 6.33. The van der Waals surface area contributed by atoms with Crippen LogP contribution in [0.1, 0.15) is 18.9 Å². The molecule has 0 saturated carbocycles. The molecule has 0 heterocycles. The summed E-state index contributed by atoms with van der Waals surface area (Å²) in [5.74, 6) is 0. The van der Waals surface area contributed by atoms with E-state index in [4.69, 9.17) is 0 Å². The first-order valence-electron chi connectivity index (χ1n) is 5.12. The number of anilines is 1. The van der Waals surface area contributed by atoms with E-state index < -0.39 is 0 Å². The molecule has 0 radical (unpaired) electrons. The monoisotopic (exact) mass is 282 g/mol. The minimum absolute atomic E-state index is 0.227. The summed E-state index contributed by atoms with van der Waals surface area (Å²) in [5.41, 5.74) is 1.83. The van der Waals surface area contributed by atoms with Crippen molar-refractivity contribution in [1.29, 1.82) is 0 Å². The highest BCUT2D eigenvalue weighted by Crippen LogP contribution is 2.19. The molecule has 2 N–H and O–H groups in total. The Morgan fingerprint density at radius 1 is 1.50 bits per heavy atom. The summed E-state index contributed by atoms with van der Waals surface area (Å²) in [6.07, 6.45) is 4.43. The summed E-state index contributed by atoms with van der Waals surface area (Å²) >= 11 is 3.37. The van der Waals surface area contributed by atoms with Crippen molar-refractivity contribution in [3.8, 4) is 0 Å². The van der Waals surface area contributed by atoms with Gasteiger partial charge in [0, 0.05) is 16.4 Å². The molecule has 1 aromatic rings. The van der Waals surface area contributed by atoms with Crippen LogP contribution in [-0.2, 0) is 0 Å². The van der Waals surface area contributed by atoms with E-state index in [0.717, 1.165) is 22.1 Å². The van der Waals surface area contributed by atoms with E-state index in [2.05, 4.69) is 26.6 Å². The van der Waals surface area contributed by atoms with Crippen LogP contribution >= 0.6 is 15.9 Å². The molecule has 0 aliphatic heterocycles. The predicted octanol–water partition coefficient (Wildman–Crippen LogP) is 3.80. The van der Waals surface area contributed by atoms with Crippen LogP contribution < -0.4 is 10.6 Å². The molecule has 0 aromatic heterocycles. The first-order chi connectivity index (χ1) is 7.63. The molecular weight excluding hydrogens is 268 g/mol. The molecule has 0 spiro atoms. The highest BCUT2D eigenvalue weighted by atomic mass is 79.9. The smallest absolute Gasteiger partial charge is 0.315 e. The molecule has 0 aliphatic carbocycles. The highest BCUT2D eigenvalue weighted by molar-refractivity contribution is 9.10. The Morgan fingerprint density at radius 2 is 2.25 bits per heavy atom. The second-order valence-electron chi connectivity index (χ2n) is 3.37. The number of aryl methyl sites for hydroxylation is 1. The number of carbonyl (C=O) groups is 1. The SMILES string of the molecule is CC/C=C/NC(=O)Nc1ccc(Br)cc1C. The lowest BCUT2D eigenvalue weighted by atomic mass is 10.2. The van der Waals surface area contributed by atoms with Gasteiger partial charge in [-0.25, -0.2) is 4.79 Å². The van der Waals surface area contributed by atoms with E-state index in [-0.39, 0.29) is 6.03 Å². The van der Waals surface area contributed by atoms with Gasteiger partial charge in [-0.05, 0) is 37.1 Å². The van der Waals surface area contributed by atoms with Crippen LogP contribution in [-0.4, -0.2) is 6.03 Å². The Kier molecular flexibility index (Phi) is 5.05. The van der Waals surface area contributed by atoms with Crippen LogP contribution in [0.2, 0.25) is 0 Å². The Morgan fingerprint density at radius 3 is 2.88 bits per heavy atom. The molecule has 0 saturated heterocycles. The molecule has 0 bridgehead atoms. The Bertz CT molecular complexity index is 402. The van der Waals surface area contributed by atoms with Crippen molar-refractivity contribution in [2.24, 2.45) is 0 Å². The van der Waals surface area contributed by atoms with Gasteiger partial charge in [-0.1, -0.05) is 28.9 Å². The van der Waals surface area contributed by atoms with Crippen molar-refractivity contribution in [3.05, 3.63) is 40.5 Å². The zero-order valence-corrected chi connectivity index (χ0v) is 11.0. The van der Waals surface area contributed by atoms with Crippen LogP contribution in [0.3, 0.4) is 0 Å². The lowest BCUT2D eigenvalue weighted by Gasteiger charge is -2.08. The van der Waals surface area contributed by atoms with E-state index in [1.807, 2.05) is 38.1 Å². The number of halogens is 1. The van der Waals surface area contributed by atoms with Gasteiger partial charge >= 0.3 is 6.03 Å². The largest absolute Gasteiger partial charge is 0.323 e. The molecule has 1 rings (SSSR count). The average molecular weight is 283 g/mol. The van der Waals surface area contributed by atoms with E-state index >= 15 is 0 Å². The van der Waals surface area contributed by atoms with Gasteiger partial charge in [0.2, 0.25) is 0 Å². The Balaban J connectivity index is 2.59. The highest BCUT2D eigenvalue weighted by Gasteiger charge is 2.02. The van der Waals surface area contributed by atoms with Crippen LogP contribution in [0.15, 0.2) is 34.9 Å². The van der Waals surface area contributed by atoms with Crippen LogP contribution in [0.4, 0.5) is 10.5 Å². The number of amides is 2. The topological polar surface area (TPSA) is 41.1 Å². The maximum atomic E-state index is 11.4. The first kappa shape index (κ1) is 12.8. The third-order valence-corrected chi connectivity index (χ3v) is 2.50. The van der Waals surface area contributed by atoms with Crippen molar-refractivity contribution < 1.29 is 4.79 Å². The number of allylic oxidation sites excluding steroid dienone is 1. The Hall–Kier alpha value is -1.29. The number of carbonyl (C=O) groups excluding carboxylic acids is 1. The Labute approximate surface area is 104 Å². The fourth-order valence-corrected chi connectivity index (χ4v) is 1.65. The quantitative estimate of drug-likeness (QED) is 0.870. The van der Waals surface area contributed by atoms with Gasteiger partial charge in [-0.15, -0.1) is 0 Å². The molecule has 3 nitrogen and oxygen atoms in total. The van der Waals surface area contributed by atoms with Gasteiger partial charge in [0.25, 0.3) is 0 Å². The lowest BCUT2D eigenvalue weighted by molar-refractivity contribution is 0.255. The maximum absolute atomic E-state index is 11.4. The molecule has 4 heteroatoms. The minimum atomic E-state index is -0.227. The number of urea groups is 1. The van der Waals surface area contributed by atoms with Gasteiger partial charge in [0.05, 0.1) is 0 Å². The summed E-state index contributed by atoms with van der Waals surface area (Å²) in [6, 6.07) is 5.49. The van der Waals surface area contributed by atoms with Gasteiger partial charge in [-0.2, -0.15) is 0 Å². The van der Waals surface area contributed by atoms with Crippen LogP contribution in [0.5, 0.6) is 0 Å². The first-order valence-corrected chi connectivity index (χ1v) is 5.91. The summed E-state index contributed by atoms with van der Waals surface area (Å²) in [7, 11) is 0.